The highest BCUT2D eigenvalue weighted by Gasteiger charge is 2.30. The van der Waals surface area contributed by atoms with Crippen molar-refractivity contribution in [3.63, 3.8) is 0 Å². The van der Waals surface area contributed by atoms with Crippen LogP contribution in [0.3, 0.4) is 0 Å². The van der Waals surface area contributed by atoms with Crippen LogP contribution in [-0.4, -0.2) is 59.2 Å². The number of benzene rings is 2. The van der Waals surface area contributed by atoms with Crippen molar-refractivity contribution in [1.29, 1.82) is 0 Å². The van der Waals surface area contributed by atoms with E-state index < -0.39 is 10.8 Å². The van der Waals surface area contributed by atoms with Gasteiger partial charge in [0.15, 0.2) is 5.82 Å². The summed E-state index contributed by atoms with van der Waals surface area (Å²) < 4.78 is 17.7. The van der Waals surface area contributed by atoms with Gasteiger partial charge in [-0.2, -0.15) is 4.98 Å². The molecule has 2 aliphatic heterocycles. The molecule has 3 aromatic rings. The number of carbonyl (C=O) groups excluding carboxylic acids is 1. The zero-order valence-electron chi connectivity index (χ0n) is 20.6. The number of nitrogens with zero attached hydrogens (tertiary/aromatic N) is 4. The molecular weight excluding hydrogens is 474 g/mol. The van der Waals surface area contributed by atoms with E-state index in [9.17, 15) is 9.00 Å². The van der Waals surface area contributed by atoms with Gasteiger partial charge in [0.25, 0.3) is 0 Å². The summed E-state index contributed by atoms with van der Waals surface area (Å²) in [5, 5.41) is 3.38. The molecule has 1 N–H and O–H groups in total. The second-order valence-corrected chi connectivity index (χ2v) is 10.7. The molecular formula is C27H31N5O3S. The van der Waals surface area contributed by atoms with Crippen LogP contribution in [0.4, 0.5) is 23.1 Å². The zero-order valence-corrected chi connectivity index (χ0v) is 21.5. The Morgan fingerprint density at radius 3 is 2.69 bits per heavy atom. The maximum absolute atomic E-state index is 13.0. The highest BCUT2D eigenvalue weighted by atomic mass is 32.2. The van der Waals surface area contributed by atoms with Crippen molar-refractivity contribution in [3.8, 4) is 0 Å². The first kappa shape index (κ1) is 24.2. The van der Waals surface area contributed by atoms with Crippen molar-refractivity contribution in [3.05, 3.63) is 65.9 Å². The summed E-state index contributed by atoms with van der Waals surface area (Å²) in [6.45, 7) is 1.69. The topological polar surface area (TPSA) is 87.7 Å². The number of anilines is 4. The average molecular weight is 506 g/mol. The lowest BCUT2D eigenvalue weighted by Gasteiger charge is -2.27. The predicted octanol–water partition coefficient (Wildman–Crippen LogP) is 3.70. The van der Waals surface area contributed by atoms with E-state index in [1.165, 1.54) is 12.8 Å². The van der Waals surface area contributed by atoms with Gasteiger partial charge in [0.2, 0.25) is 5.95 Å². The first-order chi connectivity index (χ1) is 17.5. The Hall–Kier alpha value is -3.46. The molecule has 2 aliphatic rings. The molecule has 9 heteroatoms. The van der Waals surface area contributed by atoms with Gasteiger partial charge >= 0.3 is 5.97 Å². The number of methoxy groups -OCH3 is 1. The highest BCUT2D eigenvalue weighted by molar-refractivity contribution is 7.85. The Morgan fingerprint density at radius 2 is 1.94 bits per heavy atom. The zero-order chi connectivity index (χ0) is 25.1. The SMILES string of the molecule is COC(=O)Cc1ccc(Nc2nc(N3CC[C@@H](N(C)c4ccccc4)C3)nc3c2[S@](=O)CCC3)cc1. The van der Waals surface area contributed by atoms with Gasteiger partial charge in [0, 0.05) is 43.3 Å². The number of fused-ring (bicyclic) bond motifs is 1. The fourth-order valence-electron chi connectivity index (χ4n) is 4.79. The molecule has 0 radical (unpaired) electrons. The normalized spacial score (nSPS) is 19.0. The molecule has 3 heterocycles. The number of esters is 1. The third kappa shape index (κ3) is 5.21. The van der Waals surface area contributed by atoms with Crippen LogP contribution in [0.25, 0.3) is 0 Å². The van der Waals surface area contributed by atoms with Gasteiger partial charge in [-0.15, -0.1) is 0 Å². The minimum Gasteiger partial charge on any atom is -0.469 e. The van der Waals surface area contributed by atoms with Crippen LogP contribution in [-0.2, 0) is 33.2 Å². The minimum absolute atomic E-state index is 0.224. The number of carbonyl (C=O) groups is 1. The summed E-state index contributed by atoms with van der Waals surface area (Å²) in [6, 6.07) is 18.3. The summed E-state index contributed by atoms with van der Waals surface area (Å²) in [5.74, 6) is 1.63. The van der Waals surface area contributed by atoms with Crippen molar-refractivity contribution in [1.82, 2.24) is 9.97 Å². The van der Waals surface area contributed by atoms with Crippen molar-refractivity contribution in [2.45, 2.75) is 36.6 Å². The lowest BCUT2D eigenvalue weighted by atomic mass is 10.1. The predicted molar refractivity (Wildman–Crippen MR) is 143 cm³/mol. The maximum atomic E-state index is 13.0. The van der Waals surface area contributed by atoms with E-state index in [0.717, 1.165) is 49.3 Å². The smallest absolute Gasteiger partial charge is 0.309 e. The lowest BCUT2D eigenvalue weighted by molar-refractivity contribution is -0.139. The van der Waals surface area contributed by atoms with Gasteiger partial charge in [0.1, 0.15) is 4.90 Å². The van der Waals surface area contributed by atoms with E-state index in [-0.39, 0.29) is 12.4 Å². The molecule has 0 unspecified atom stereocenters. The molecule has 5 rings (SSSR count). The minimum atomic E-state index is -1.14. The summed E-state index contributed by atoms with van der Waals surface area (Å²) in [5.41, 5.74) is 3.76. The van der Waals surface area contributed by atoms with Gasteiger partial charge in [-0.05, 0) is 49.1 Å². The molecule has 1 fully saturated rings. The summed E-state index contributed by atoms with van der Waals surface area (Å²) in [6.07, 6.45) is 2.89. The molecule has 0 spiro atoms. The van der Waals surface area contributed by atoms with E-state index in [1.807, 2.05) is 30.3 Å². The molecule has 0 aliphatic carbocycles. The average Bonchev–Trinajstić information content (AvgIpc) is 3.40. The van der Waals surface area contributed by atoms with Crippen molar-refractivity contribution < 1.29 is 13.7 Å². The number of para-hydroxylation sites is 1. The standard InChI is InChI=1S/C27H31N5O3S/c1-31(21-7-4-3-5-8-21)22-14-15-32(18-22)27-29-23-9-6-16-36(34)25(23)26(30-27)28-20-12-10-19(11-13-20)17-24(33)35-2/h3-5,7-8,10-13,22H,6,9,14-18H2,1-2H3,(H,28,29,30)/t22-,36-/m1/s1. The summed E-state index contributed by atoms with van der Waals surface area (Å²) >= 11 is 0. The molecule has 2 aromatic carbocycles. The Balaban J connectivity index is 1.38. The van der Waals surface area contributed by atoms with Gasteiger partial charge in [0.05, 0.1) is 30.0 Å². The third-order valence-corrected chi connectivity index (χ3v) is 8.39. The number of hydrogen-bond donors (Lipinski definition) is 1. The largest absolute Gasteiger partial charge is 0.469 e. The van der Waals surface area contributed by atoms with Gasteiger partial charge in [-0.3, -0.25) is 9.00 Å². The molecule has 188 valence electrons. The van der Waals surface area contributed by atoms with E-state index in [0.29, 0.717) is 28.5 Å². The van der Waals surface area contributed by atoms with Gasteiger partial charge < -0.3 is 19.9 Å². The van der Waals surface area contributed by atoms with Crippen LogP contribution in [0, 0.1) is 0 Å². The van der Waals surface area contributed by atoms with Crippen LogP contribution >= 0.6 is 0 Å². The second-order valence-electron chi connectivity index (χ2n) is 9.21. The first-order valence-corrected chi connectivity index (χ1v) is 13.6. The fraction of sp³-hybridized carbons (Fsp3) is 0.370. The van der Waals surface area contributed by atoms with E-state index >= 15 is 0 Å². The maximum Gasteiger partial charge on any atom is 0.309 e. The Morgan fingerprint density at radius 1 is 1.17 bits per heavy atom. The van der Waals surface area contributed by atoms with E-state index in [1.54, 1.807) is 0 Å². The quantitative estimate of drug-likeness (QED) is 0.487. The fourth-order valence-corrected chi connectivity index (χ4v) is 6.12. The molecule has 1 aromatic heterocycles. The molecule has 36 heavy (non-hydrogen) atoms. The highest BCUT2D eigenvalue weighted by Crippen LogP contribution is 2.32. The molecule has 0 bridgehead atoms. The van der Waals surface area contributed by atoms with Crippen LogP contribution in [0.15, 0.2) is 59.5 Å². The molecule has 0 saturated carbocycles. The number of hydrogen-bond acceptors (Lipinski definition) is 8. The lowest BCUT2D eigenvalue weighted by Crippen LogP contribution is -2.35. The molecule has 8 nitrogen and oxygen atoms in total. The Bertz CT molecular complexity index is 1250. The number of rotatable bonds is 7. The monoisotopic (exact) mass is 505 g/mol. The summed E-state index contributed by atoms with van der Waals surface area (Å²) in [7, 11) is 2.38. The number of aryl methyl sites for hydroxylation is 1. The number of ether oxygens (including phenoxy) is 1. The Kier molecular flexibility index (Phi) is 7.18. The van der Waals surface area contributed by atoms with Crippen LogP contribution < -0.4 is 15.1 Å². The Labute approximate surface area is 214 Å². The molecule has 2 atom stereocenters. The van der Waals surface area contributed by atoms with Gasteiger partial charge in [-0.25, -0.2) is 4.98 Å². The number of aromatic nitrogens is 2. The molecule has 1 saturated heterocycles. The van der Waals surface area contributed by atoms with Crippen molar-refractivity contribution in [2.24, 2.45) is 0 Å². The molecule has 0 amide bonds. The first-order valence-electron chi connectivity index (χ1n) is 12.3. The van der Waals surface area contributed by atoms with Gasteiger partial charge in [-0.1, -0.05) is 30.3 Å². The summed E-state index contributed by atoms with van der Waals surface area (Å²) in [4.78, 5) is 26.6. The second kappa shape index (κ2) is 10.7. The van der Waals surface area contributed by atoms with Crippen LogP contribution in [0.5, 0.6) is 0 Å². The van der Waals surface area contributed by atoms with Crippen molar-refractivity contribution in [2.75, 3.05) is 48.1 Å². The van der Waals surface area contributed by atoms with Crippen LogP contribution in [0.1, 0.15) is 24.1 Å². The van der Waals surface area contributed by atoms with Crippen LogP contribution in [0.2, 0.25) is 0 Å². The van der Waals surface area contributed by atoms with E-state index in [4.69, 9.17) is 14.7 Å². The van der Waals surface area contributed by atoms with Crippen molar-refractivity contribution >= 4 is 39.9 Å². The van der Waals surface area contributed by atoms with E-state index in [2.05, 4.69) is 46.4 Å². The number of likely N-dealkylation sites (N-methyl/N-ethyl adjacent to an activating group) is 1. The number of nitrogens with one attached hydrogen (secondary N) is 1. The third-order valence-electron chi connectivity index (χ3n) is 6.85.